The summed E-state index contributed by atoms with van der Waals surface area (Å²) in [6.07, 6.45) is 6.33. The van der Waals surface area contributed by atoms with E-state index in [2.05, 4.69) is 12.2 Å². The van der Waals surface area contributed by atoms with Gasteiger partial charge in [0.15, 0.2) is 0 Å². The number of amides is 2. The van der Waals surface area contributed by atoms with Crippen LogP contribution in [0.1, 0.15) is 51.9 Å². The van der Waals surface area contributed by atoms with Gasteiger partial charge in [-0.05, 0) is 38.5 Å². The minimum atomic E-state index is -0.749. The smallest absolute Gasteiger partial charge is 0.317 e. The molecule has 2 aliphatic rings. The van der Waals surface area contributed by atoms with Crippen molar-refractivity contribution in [2.75, 3.05) is 13.1 Å². The van der Waals surface area contributed by atoms with Crippen LogP contribution in [0.4, 0.5) is 4.79 Å². The summed E-state index contributed by atoms with van der Waals surface area (Å²) in [7, 11) is 0. The number of aliphatic carboxylic acids is 1. The first-order valence-corrected chi connectivity index (χ1v) is 7.27. The van der Waals surface area contributed by atoms with E-state index in [1.807, 2.05) is 4.90 Å². The standard InChI is InChI=1S/C14H24N2O3/c1-14(7-2-3-8-14)15-13(19)16-9-6-11(10-16)4-5-12(17)18/h11H,2-10H2,1H3,(H,15,19)(H,17,18). The third-order valence-corrected chi connectivity index (χ3v) is 4.46. The van der Waals surface area contributed by atoms with E-state index in [0.717, 1.165) is 25.8 Å². The van der Waals surface area contributed by atoms with Crippen molar-refractivity contribution in [3.8, 4) is 0 Å². The molecule has 1 saturated heterocycles. The number of nitrogens with zero attached hydrogens (tertiary/aromatic N) is 1. The van der Waals surface area contributed by atoms with Crippen LogP contribution in [0.5, 0.6) is 0 Å². The van der Waals surface area contributed by atoms with Crippen LogP contribution in [0.25, 0.3) is 0 Å². The van der Waals surface area contributed by atoms with Gasteiger partial charge in [-0.3, -0.25) is 4.79 Å². The van der Waals surface area contributed by atoms with E-state index in [1.165, 1.54) is 12.8 Å². The minimum Gasteiger partial charge on any atom is -0.481 e. The molecule has 0 spiro atoms. The molecule has 0 aromatic rings. The van der Waals surface area contributed by atoms with Gasteiger partial charge in [0.2, 0.25) is 0 Å². The Kier molecular flexibility index (Phi) is 4.32. The second kappa shape index (κ2) is 5.80. The summed E-state index contributed by atoms with van der Waals surface area (Å²) in [6.45, 7) is 3.58. The van der Waals surface area contributed by atoms with Gasteiger partial charge in [0, 0.05) is 25.0 Å². The van der Waals surface area contributed by atoms with Crippen LogP contribution in [-0.2, 0) is 4.79 Å². The Bertz CT molecular complexity index is 351. The van der Waals surface area contributed by atoms with Crippen LogP contribution in [0, 0.1) is 5.92 Å². The number of likely N-dealkylation sites (tertiary alicyclic amines) is 1. The van der Waals surface area contributed by atoms with E-state index in [9.17, 15) is 9.59 Å². The molecule has 2 fully saturated rings. The van der Waals surface area contributed by atoms with Crippen molar-refractivity contribution in [1.82, 2.24) is 10.2 Å². The van der Waals surface area contributed by atoms with Gasteiger partial charge in [-0.25, -0.2) is 4.79 Å². The van der Waals surface area contributed by atoms with E-state index < -0.39 is 5.97 Å². The van der Waals surface area contributed by atoms with Gasteiger partial charge in [-0.1, -0.05) is 12.8 Å². The molecule has 0 aromatic heterocycles. The Morgan fingerprint density at radius 3 is 2.68 bits per heavy atom. The zero-order valence-corrected chi connectivity index (χ0v) is 11.7. The van der Waals surface area contributed by atoms with Crippen molar-refractivity contribution >= 4 is 12.0 Å². The largest absolute Gasteiger partial charge is 0.481 e. The highest BCUT2D eigenvalue weighted by Crippen LogP contribution is 2.29. The van der Waals surface area contributed by atoms with Gasteiger partial charge in [0.1, 0.15) is 0 Å². The molecule has 0 radical (unpaired) electrons. The maximum absolute atomic E-state index is 12.2. The SMILES string of the molecule is CC1(NC(=O)N2CCC(CCC(=O)O)C2)CCCC1. The van der Waals surface area contributed by atoms with Crippen molar-refractivity contribution in [2.24, 2.45) is 5.92 Å². The average molecular weight is 268 g/mol. The van der Waals surface area contributed by atoms with Crippen molar-refractivity contribution in [3.05, 3.63) is 0 Å². The maximum Gasteiger partial charge on any atom is 0.317 e. The molecular weight excluding hydrogens is 244 g/mol. The third kappa shape index (κ3) is 3.85. The number of hydrogen-bond donors (Lipinski definition) is 2. The van der Waals surface area contributed by atoms with Crippen LogP contribution >= 0.6 is 0 Å². The molecule has 0 aromatic carbocycles. The molecule has 1 heterocycles. The van der Waals surface area contributed by atoms with Crippen molar-refractivity contribution in [1.29, 1.82) is 0 Å². The van der Waals surface area contributed by atoms with E-state index in [-0.39, 0.29) is 18.0 Å². The van der Waals surface area contributed by atoms with Crippen LogP contribution in [0.2, 0.25) is 0 Å². The van der Waals surface area contributed by atoms with Gasteiger partial charge in [0.05, 0.1) is 0 Å². The van der Waals surface area contributed by atoms with E-state index in [1.54, 1.807) is 0 Å². The topological polar surface area (TPSA) is 69.6 Å². The molecule has 2 N–H and O–H groups in total. The molecule has 1 aliphatic heterocycles. The zero-order valence-electron chi connectivity index (χ0n) is 11.7. The van der Waals surface area contributed by atoms with E-state index >= 15 is 0 Å². The summed E-state index contributed by atoms with van der Waals surface area (Å²) >= 11 is 0. The first-order valence-electron chi connectivity index (χ1n) is 7.27. The summed E-state index contributed by atoms with van der Waals surface area (Å²) in [5.41, 5.74) is -0.0315. The molecule has 1 saturated carbocycles. The number of carboxylic acid groups (broad SMARTS) is 1. The number of urea groups is 1. The van der Waals surface area contributed by atoms with Gasteiger partial charge in [0.25, 0.3) is 0 Å². The van der Waals surface area contributed by atoms with Crippen LogP contribution < -0.4 is 5.32 Å². The summed E-state index contributed by atoms with van der Waals surface area (Å²) < 4.78 is 0. The highest BCUT2D eigenvalue weighted by Gasteiger charge is 2.33. The van der Waals surface area contributed by atoms with Crippen LogP contribution in [-0.4, -0.2) is 40.6 Å². The first-order chi connectivity index (χ1) is 8.98. The van der Waals surface area contributed by atoms with Crippen molar-refractivity contribution < 1.29 is 14.7 Å². The molecule has 5 heteroatoms. The summed E-state index contributed by atoms with van der Waals surface area (Å²) in [4.78, 5) is 24.6. The van der Waals surface area contributed by atoms with Gasteiger partial charge in [-0.15, -0.1) is 0 Å². The number of carboxylic acids is 1. The Labute approximate surface area is 114 Å². The lowest BCUT2D eigenvalue weighted by Gasteiger charge is -2.28. The number of hydrogen-bond acceptors (Lipinski definition) is 2. The lowest BCUT2D eigenvalue weighted by molar-refractivity contribution is -0.137. The monoisotopic (exact) mass is 268 g/mol. The highest BCUT2D eigenvalue weighted by atomic mass is 16.4. The van der Waals surface area contributed by atoms with Crippen molar-refractivity contribution in [2.45, 2.75) is 57.4 Å². The fourth-order valence-electron chi connectivity index (χ4n) is 3.20. The Balaban J connectivity index is 1.76. The predicted octanol–water partition coefficient (Wildman–Crippen LogP) is 2.22. The molecule has 19 heavy (non-hydrogen) atoms. The molecule has 2 rings (SSSR count). The molecule has 1 atom stereocenters. The van der Waals surface area contributed by atoms with Crippen LogP contribution in [0.15, 0.2) is 0 Å². The normalized spacial score (nSPS) is 25.5. The van der Waals surface area contributed by atoms with E-state index in [4.69, 9.17) is 5.11 Å². The summed E-state index contributed by atoms with van der Waals surface area (Å²) in [5, 5.41) is 11.8. The van der Waals surface area contributed by atoms with Crippen LogP contribution in [0.3, 0.4) is 0 Å². The maximum atomic E-state index is 12.2. The van der Waals surface area contributed by atoms with Gasteiger partial charge >= 0.3 is 12.0 Å². The Morgan fingerprint density at radius 1 is 1.37 bits per heavy atom. The first kappa shape index (κ1) is 14.2. The van der Waals surface area contributed by atoms with Gasteiger partial charge < -0.3 is 15.3 Å². The highest BCUT2D eigenvalue weighted by molar-refractivity contribution is 5.75. The summed E-state index contributed by atoms with van der Waals surface area (Å²) in [6, 6.07) is 0.0298. The molecule has 0 bridgehead atoms. The number of carbonyl (C=O) groups is 2. The Morgan fingerprint density at radius 2 is 2.05 bits per heavy atom. The average Bonchev–Trinajstić information content (AvgIpc) is 2.95. The summed E-state index contributed by atoms with van der Waals surface area (Å²) in [5.74, 6) is -0.403. The van der Waals surface area contributed by atoms with E-state index in [0.29, 0.717) is 18.9 Å². The minimum absolute atomic E-state index is 0.0298. The Hall–Kier alpha value is -1.26. The fourth-order valence-corrected chi connectivity index (χ4v) is 3.20. The third-order valence-electron chi connectivity index (χ3n) is 4.46. The molecule has 108 valence electrons. The number of rotatable bonds is 4. The molecule has 2 amide bonds. The second-order valence-corrected chi connectivity index (χ2v) is 6.23. The van der Waals surface area contributed by atoms with Gasteiger partial charge in [-0.2, -0.15) is 0 Å². The second-order valence-electron chi connectivity index (χ2n) is 6.23. The zero-order chi connectivity index (χ0) is 13.9. The number of nitrogens with one attached hydrogen (secondary N) is 1. The lowest BCUT2D eigenvalue weighted by atomic mass is 10.0. The fraction of sp³-hybridized carbons (Fsp3) is 0.857. The number of carbonyl (C=O) groups excluding carboxylic acids is 1. The quantitative estimate of drug-likeness (QED) is 0.821. The lowest BCUT2D eigenvalue weighted by Crippen LogP contribution is -2.49. The molecule has 5 nitrogen and oxygen atoms in total. The molecule has 1 aliphatic carbocycles. The van der Waals surface area contributed by atoms with Crippen molar-refractivity contribution in [3.63, 3.8) is 0 Å². The predicted molar refractivity (Wildman–Crippen MR) is 72.0 cm³/mol. The molecule has 1 unspecified atom stereocenters. The molecular formula is C14H24N2O3.